The number of unbranched alkanes of at least 4 members (excludes halogenated alkanes) is 2. The Balaban J connectivity index is 2.08. The molecule has 0 radical (unpaired) electrons. The zero-order valence-corrected chi connectivity index (χ0v) is 12.3. The lowest BCUT2D eigenvalue weighted by Crippen LogP contribution is -2.31. The molecule has 0 aliphatic heterocycles. The summed E-state index contributed by atoms with van der Waals surface area (Å²) >= 11 is 2.40. The van der Waals surface area contributed by atoms with Crippen LogP contribution < -0.4 is 5.32 Å². The van der Waals surface area contributed by atoms with E-state index in [1.165, 1.54) is 43.0 Å². The lowest BCUT2D eigenvalue weighted by Gasteiger charge is -2.13. The van der Waals surface area contributed by atoms with E-state index >= 15 is 0 Å². The Labute approximate surface area is 113 Å². The van der Waals surface area contributed by atoms with Gasteiger partial charge in [0.2, 0.25) is 5.91 Å². The molecule has 1 N–H and O–H groups in total. The molecule has 0 heterocycles. The van der Waals surface area contributed by atoms with Crippen LogP contribution in [0.1, 0.15) is 57.8 Å². The molecule has 2 nitrogen and oxygen atoms in total. The van der Waals surface area contributed by atoms with Crippen molar-refractivity contribution in [2.24, 2.45) is 5.92 Å². The Morgan fingerprint density at radius 3 is 2.38 bits per heavy atom. The first-order valence-electron chi connectivity index (χ1n) is 6.68. The maximum absolute atomic E-state index is 11.9. The van der Waals surface area contributed by atoms with Crippen LogP contribution in [0.3, 0.4) is 0 Å². The molecule has 1 aliphatic rings. The SMILES string of the molecule is O=C(NCCCCCI)C1CCCCCC1. The summed E-state index contributed by atoms with van der Waals surface area (Å²) in [5, 5.41) is 3.10. The Hall–Kier alpha value is 0.200. The smallest absolute Gasteiger partial charge is 0.223 e. The van der Waals surface area contributed by atoms with Gasteiger partial charge in [-0.05, 0) is 30.1 Å². The second-order valence-electron chi connectivity index (χ2n) is 4.73. The molecule has 0 aromatic heterocycles. The van der Waals surface area contributed by atoms with E-state index in [9.17, 15) is 4.79 Å². The number of hydrogen-bond acceptors (Lipinski definition) is 1. The Kier molecular flexibility index (Phi) is 8.25. The van der Waals surface area contributed by atoms with Crippen LogP contribution in [-0.2, 0) is 4.79 Å². The summed E-state index contributed by atoms with van der Waals surface area (Å²) in [4.78, 5) is 11.9. The number of rotatable bonds is 6. The maximum atomic E-state index is 11.9. The number of carbonyl (C=O) groups is 1. The van der Waals surface area contributed by atoms with E-state index in [4.69, 9.17) is 0 Å². The third-order valence-electron chi connectivity index (χ3n) is 3.34. The summed E-state index contributed by atoms with van der Waals surface area (Å²) < 4.78 is 1.23. The molecular weight excluding hydrogens is 313 g/mol. The molecule has 1 fully saturated rings. The van der Waals surface area contributed by atoms with Crippen molar-refractivity contribution in [3.05, 3.63) is 0 Å². The van der Waals surface area contributed by atoms with Crippen molar-refractivity contribution in [3.8, 4) is 0 Å². The van der Waals surface area contributed by atoms with Crippen LogP contribution in [0.2, 0.25) is 0 Å². The lowest BCUT2D eigenvalue weighted by atomic mass is 9.99. The molecule has 0 saturated heterocycles. The van der Waals surface area contributed by atoms with Gasteiger partial charge in [0.25, 0.3) is 0 Å². The lowest BCUT2D eigenvalue weighted by molar-refractivity contribution is -0.125. The van der Waals surface area contributed by atoms with E-state index in [2.05, 4.69) is 27.9 Å². The van der Waals surface area contributed by atoms with Gasteiger partial charge in [-0.15, -0.1) is 0 Å². The van der Waals surface area contributed by atoms with Crippen LogP contribution in [-0.4, -0.2) is 16.9 Å². The minimum absolute atomic E-state index is 0.312. The normalized spacial score (nSPS) is 18.1. The minimum atomic E-state index is 0.312. The Morgan fingerprint density at radius 1 is 1.06 bits per heavy atom. The zero-order chi connectivity index (χ0) is 11.6. The van der Waals surface area contributed by atoms with Crippen LogP contribution in [0.25, 0.3) is 0 Å². The largest absolute Gasteiger partial charge is 0.356 e. The molecule has 1 aliphatic carbocycles. The van der Waals surface area contributed by atoms with E-state index < -0.39 is 0 Å². The summed E-state index contributed by atoms with van der Waals surface area (Å²) in [5.41, 5.74) is 0. The van der Waals surface area contributed by atoms with Gasteiger partial charge in [0.15, 0.2) is 0 Å². The summed E-state index contributed by atoms with van der Waals surface area (Å²) in [6.07, 6.45) is 11.0. The average Bonchev–Trinajstić information content (AvgIpc) is 2.57. The van der Waals surface area contributed by atoms with Crippen LogP contribution in [0.15, 0.2) is 0 Å². The third-order valence-corrected chi connectivity index (χ3v) is 4.10. The number of halogens is 1. The van der Waals surface area contributed by atoms with Crippen molar-refractivity contribution in [3.63, 3.8) is 0 Å². The number of hydrogen-bond donors (Lipinski definition) is 1. The van der Waals surface area contributed by atoms with Gasteiger partial charge < -0.3 is 5.32 Å². The fraction of sp³-hybridized carbons (Fsp3) is 0.923. The molecule has 16 heavy (non-hydrogen) atoms. The highest BCUT2D eigenvalue weighted by Crippen LogP contribution is 2.22. The standard InChI is InChI=1S/C13H24INO/c14-10-6-3-7-11-15-13(16)12-8-4-1-2-5-9-12/h12H,1-11H2,(H,15,16). The summed E-state index contributed by atoms with van der Waals surface area (Å²) in [6.45, 7) is 0.881. The van der Waals surface area contributed by atoms with Crippen molar-refractivity contribution in [2.75, 3.05) is 11.0 Å². The first-order valence-corrected chi connectivity index (χ1v) is 8.21. The molecule has 94 valence electrons. The van der Waals surface area contributed by atoms with E-state index in [1.807, 2.05) is 0 Å². The van der Waals surface area contributed by atoms with Crippen molar-refractivity contribution in [2.45, 2.75) is 57.8 Å². The molecule has 0 unspecified atom stereocenters. The molecule has 0 spiro atoms. The second-order valence-corrected chi connectivity index (χ2v) is 5.81. The van der Waals surface area contributed by atoms with Crippen LogP contribution >= 0.6 is 22.6 Å². The molecule has 0 bridgehead atoms. The van der Waals surface area contributed by atoms with Gasteiger partial charge in [-0.2, -0.15) is 0 Å². The highest BCUT2D eigenvalue weighted by atomic mass is 127. The topological polar surface area (TPSA) is 29.1 Å². The first kappa shape index (κ1) is 14.3. The fourth-order valence-corrected chi connectivity index (χ4v) is 2.83. The maximum Gasteiger partial charge on any atom is 0.223 e. The highest BCUT2D eigenvalue weighted by Gasteiger charge is 2.19. The second kappa shape index (κ2) is 9.25. The van der Waals surface area contributed by atoms with E-state index in [-0.39, 0.29) is 0 Å². The number of nitrogens with one attached hydrogen (secondary N) is 1. The molecular formula is C13H24INO. The predicted octanol–water partition coefficient (Wildman–Crippen LogP) is 3.68. The van der Waals surface area contributed by atoms with Crippen molar-refractivity contribution >= 4 is 28.5 Å². The monoisotopic (exact) mass is 337 g/mol. The van der Waals surface area contributed by atoms with Gasteiger partial charge >= 0.3 is 0 Å². The number of alkyl halides is 1. The molecule has 3 heteroatoms. The van der Waals surface area contributed by atoms with E-state index in [1.54, 1.807) is 0 Å². The van der Waals surface area contributed by atoms with E-state index in [0.717, 1.165) is 25.8 Å². The molecule has 0 atom stereocenters. The quantitative estimate of drug-likeness (QED) is 0.341. The van der Waals surface area contributed by atoms with E-state index in [0.29, 0.717) is 11.8 Å². The van der Waals surface area contributed by atoms with Crippen molar-refractivity contribution in [1.29, 1.82) is 0 Å². The van der Waals surface area contributed by atoms with Gasteiger partial charge in [0, 0.05) is 12.5 Å². The Bertz CT molecular complexity index is 188. The average molecular weight is 337 g/mol. The van der Waals surface area contributed by atoms with Crippen LogP contribution in [0.4, 0.5) is 0 Å². The number of amides is 1. The summed E-state index contributed by atoms with van der Waals surface area (Å²) in [6, 6.07) is 0. The van der Waals surface area contributed by atoms with Crippen molar-refractivity contribution in [1.82, 2.24) is 5.32 Å². The van der Waals surface area contributed by atoms with Crippen molar-refractivity contribution < 1.29 is 4.79 Å². The van der Waals surface area contributed by atoms with Crippen LogP contribution in [0, 0.1) is 5.92 Å². The van der Waals surface area contributed by atoms with Gasteiger partial charge in [-0.3, -0.25) is 4.79 Å². The third kappa shape index (κ3) is 6.06. The van der Waals surface area contributed by atoms with Crippen LogP contribution in [0.5, 0.6) is 0 Å². The first-order chi connectivity index (χ1) is 7.84. The fourth-order valence-electron chi connectivity index (χ4n) is 2.29. The predicted molar refractivity (Wildman–Crippen MR) is 76.9 cm³/mol. The van der Waals surface area contributed by atoms with Gasteiger partial charge in [0.05, 0.1) is 0 Å². The molecule has 0 aromatic carbocycles. The summed E-state index contributed by atoms with van der Waals surface area (Å²) in [7, 11) is 0. The molecule has 1 rings (SSSR count). The molecule has 1 amide bonds. The zero-order valence-electron chi connectivity index (χ0n) is 10.1. The summed E-state index contributed by atoms with van der Waals surface area (Å²) in [5.74, 6) is 0.628. The van der Waals surface area contributed by atoms with Gasteiger partial charge in [-0.25, -0.2) is 0 Å². The Morgan fingerprint density at radius 2 is 1.75 bits per heavy atom. The number of carbonyl (C=O) groups excluding carboxylic acids is 1. The van der Waals surface area contributed by atoms with Gasteiger partial charge in [0.1, 0.15) is 0 Å². The van der Waals surface area contributed by atoms with Gasteiger partial charge in [-0.1, -0.05) is 54.7 Å². The molecule has 0 aromatic rings. The highest BCUT2D eigenvalue weighted by molar-refractivity contribution is 14.1. The minimum Gasteiger partial charge on any atom is -0.356 e. The molecule has 1 saturated carbocycles.